The third-order valence-corrected chi connectivity index (χ3v) is 7.45. The summed E-state index contributed by atoms with van der Waals surface area (Å²) < 4.78 is 7.47. The lowest BCUT2D eigenvalue weighted by Gasteiger charge is -2.26. The number of carbonyl (C=O) groups excluding carboxylic acids is 2. The molecule has 0 bridgehead atoms. The van der Waals surface area contributed by atoms with Crippen LogP contribution < -0.4 is 0 Å². The molecule has 5 rings (SSSR count). The van der Waals surface area contributed by atoms with Crippen LogP contribution in [0, 0.1) is 33.1 Å². The van der Waals surface area contributed by atoms with E-state index in [2.05, 4.69) is 46.7 Å². The van der Waals surface area contributed by atoms with Crippen molar-refractivity contribution in [1.82, 2.24) is 14.5 Å². The average molecular weight is 505 g/mol. The minimum atomic E-state index is -0.480. The molecule has 9 nitrogen and oxygen atoms in total. The molecule has 0 unspecified atom stereocenters. The van der Waals surface area contributed by atoms with Crippen LogP contribution in [0.25, 0.3) is 11.8 Å². The summed E-state index contributed by atoms with van der Waals surface area (Å²) >= 11 is 1.17. The van der Waals surface area contributed by atoms with Crippen molar-refractivity contribution in [2.45, 2.75) is 34.1 Å². The molecule has 0 saturated carbocycles. The average Bonchev–Trinajstić information content (AvgIpc) is 3.38. The highest BCUT2D eigenvalue weighted by Gasteiger charge is 2.36. The predicted molar refractivity (Wildman–Crippen MR) is 142 cm³/mol. The number of amides is 2. The van der Waals surface area contributed by atoms with E-state index >= 15 is 0 Å². The van der Waals surface area contributed by atoms with Gasteiger partial charge in [-0.1, -0.05) is 12.1 Å². The summed E-state index contributed by atoms with van der Waals surface area (Å²) in [6.07, 6.45) is 1.82. The summed E-state index contributed by atoms with van der Waals surface area (Å²) in [4.78, 5) is 31.5. The number of aliphatic imine (C=N–C) groups is 1. The molecule has 2 aromatic rings. The number of thioether (sulfide) groups is 1. The minimum Gasteiger partial charge on any atom is -0.378 e. The zero-order valence-electron chi connectivity index (χ0n) is 20.8. The Balaban J connectivity index is 1.41. The molecule has 0 aliphatic carbocycles. The van der Waals surface area contributed by atoms with Crippen molar-refractivity contribution in [2.24, 2.45) is 10.1 Å². The molecular weight excluding hydrogens is 476 g/mol. The Morgan fingerprint density at radius 2 is 1.92 bits per heavy atom. The monoisotopic (exact) mass is 504 g/mol. The number of amidine groups is 2. The van der Waals surface area contributed by atoms with Gasteiger partial charge in [-0.3, -0.25) is 15.0 Å². The molecule has 1 N–H and O–H groups in total. The Hall–Kier alpha value is -3.50. The van der Waals surface area contributed by atoms with Gasteiger partial charge in [-0.15, -0.1) is 0 Å². The van der Waals surface area contributed by atoms with Crippen molar-refractivity contribution in [3.8, 4) is 5.69 Å². The number of ether oxygens (including phenoxy) is 1. The lowest BCUT2D eigenvalue weighted by molar-refractivity contribution is -0.133. The second-order valence-corrected chi connectivity index (χ2v) is 10.2. The third-order valence-electron chi connectivity index (χ3n) is 6.54. The van der Waals surface area contributed by atoms with E-state index in [0.717, 1.165) is 28.2 Å². The van der Waals surface area contributed by atoms with E-state index in [-0.39, 0.29) is 23.7 Å². The number of fused-ring (bicyclic) bond motifs is 1. The molecule has 186 valence electrons. The van der Waals surface area contributed by atoms with E-state index in [1.165, 1.54) is 22.3 Å². The number of hydrogen-bond acceptors (Lipinski definition) is 6. The topological polar surface area (TPSA) is 103 Å². The fourth-order valence-corrected chi connectivity index (χ4v) is 5.45. The number of morpholine rings is 1. The van der Waals surface area contributed by atoms with Gasteiger partial charge < -0.3 is 14.2 Å². The first-order chi connectivity index (χ1) is 17.2. The highest BCUT2D eigenvalue weighted by Crippen LogP contribution is 2.31. The fraction of sp³-hybridized carbons (Fsp3) is 0.346. The molecular formula is C26H28N6O3S. The zero-order chi connectivity index (χ0) is 25.6. The molecule has 3 aliphatic rings. The first-order valence-electron chi connectivity index (χ1n) is 11.8. The molecule has 1 aromatic heterocycles. The summed E-state index contributed by atoms with van der Waals surface area (Å²) in [6.45, 7) is 10.4. The van der Waals surface area contributed by atoms with Crippen LogP contribution >= 0.6 is 11.8 Å². The Morgan fingerprint density at radius 3 is 2.67 bits per heavy atom. The number of nitrogens with zero attached hydrogens (tertiary/aromatic N) is 5. The molecule has 1 saturated heterocycles. The van der Waals surface area contributed by atoms with Crippen molar-refractivity contribution < 1.29 is 14.3 Å². The molecule has 3 aliphatic heterocycles. The van der Waals surface area contributed by atoms with Crippen LogP contribution in [0.4, 0.5) is 0 Å². The standard InChI is InChI=1S/C26H28N6O3S/c1-15-5-6-16(2)21(11-15)31-17(3)12-19(18(31)4)13-20-24(27)32-26(28-25(20)34)36-22(29-32)14-23(33)30-7-9-35-10-8-30/h5-6,11-13,27H,7-10,14H2,1-4H3/b20-13+,27-24?. The number of hydrogen-bond donors (Lipinski definition) is 1. The number of hydrazone groups is 1. The van der Waals surface area contributed by atoms with E-state index in [0.29, 0.717) is 36.5 Å². The number of aryl methyl sites for hydroxylation is 3. The Morgan fingerprint density at radius 1 is 1.17 bits per heavy atom. The quantitative estimate of drug-likeness (QED) is 0.641. The van der Waals surface area contributed by atoms with Crippen molar-refractivity contribution in [3.05, 3.63) is 57.9 Å². The van der Waals surface area contributed by atoms with Gasteiger partial charge in [-0.2, -0.15) is 15.1 Å². The van der Waals surface area contributed by atoms with Crippen molar-refractivity contribution in [1.29, 1.82) is 5.41 Å². The van der Waals surface area contributed by atoms with Gasteiger partial charge in [0.1, 0.15) is 5.04 Å². The number of nitrogens with one attached hydrogen (secondary N) is 1. The van der Waals surface area contributed by atoms with Crippen molar-refractivity contribution >= 4 is 45.7 Å². The summed E-state index contributed by atoms with van der Waals surface area (Å²) in [5.41, 5.74) is 6.44. The Bertz CT molecular complexity index is 1380. The SMILES string of the molecule is Cc1ccc(C)c(-n2c(C)cc(/C=C3\C(=N)N4N=C(CC(=O)N5CCOCC5)SC4=NC3=O)c2C)c1. The van der Waals surface area contributed by atoms with Crippen LogP contribution in [0.5, 0.6) is 0 Å². The van der Waals surface area contributed by atoms with Gasteiger partial charge >= 0.3 is 0 Å². The molecule has 0 atom stereocenters. The molecule has 4 heterocycles. The number of rotatable bonds is 4. The highest BCUT2D eigenvalue weighted by molar-refractivity contribution is 8.27. The summed E-state index contributed by atoms with van der Waals surface area (Å²) in [5.74, 6) is -0.563. The van der Waals surface area contributed by atoms with Crippen LogP contribution in [-0.4, -0.2) is 68.6 Å². The molecule has 0 spiro atoms. The number of aromatic nitrogens is 1. The largest absolute Gasteiger partial charge is 0.378 e. The van der Waals surface area contributed by atoms with Crippen LogP contribution in [0.1, 0.15) is 34.5 Å². The van der Waals surface area contributed by atoms with Gasteiger partial charge in [0.2, 0.25) is 11.1 Å². The van der Waals surface area contributed by atoms with Crippen LogP contribution in [0.3, 0.4) is 0 Å². The predicted octanol–water partition coefficient (Wildman–Crippen LogP) is 3.58. The molecule has 10 heteroatoms. The zero-order valence-corrected chi connectivity index (χ0v) is 21.6. The van der Waals surface area contributed by atoms with Gasteiger partial charge in [0, 0.05) is 30.2 Å². The lowest BCUT2D eigenvalue weighted by Crippen LogP contribution is -2.41. The minimum absolute atomic E-state index is 0.0390. The van der Waals surface area contributed by atoms with Crippen molar-refractivity contribution in [2.75, 3.05) is 26.3 Å². The first-order valence-corrected chi connectivity index (χ1v) is 12.7. The summed E-state index contributed by atoms with van der Waals surface area (Å²) in [6, 6.07) is 8.35. The van der Waals surface area contributed by atoms with E-state index < -0.39 is 5.91 Å². The van der Waals surface area contributed by atoms with Gasteiger partial charge in [0.05, 0.1) is 25.2 Å². The molecule has 36 heavy (non-hydrogen) atoms. The smallest absolute Gasteiger partial charge is 0.283 e. The molecule has 2 amide bonds. The lowest BCUT2D eigenvalue weighted by atomic mass is 10.1. The summed E-state index contributed by atoms with van der Waals surface area (Å²) in [7, 11) is 0. The number of benzene rings is 1. The van der Waals surface area contributed by atoms with Crippen molar-refractivity contribution in [3.63, 3.8) is 0 Å². The van der Waals surface area contributed by atoms with E-state index in [1.807, 2.05) is 19.9 Å². The Labute approximate surface area is 214 Å². The maximum Gasteiger partial charge on any atom is 0.283 e. The van der Waals surface area contributed by atoms with Gasteiger partial charge in [-0.25, -0.2) is 0 Å². The first kappa shape index (κ1) is 24.2. The second kappa shape index (κ2) is 9.51. The van der Waals surface area contributed by atoms with Gasteiger partial charge in [0.15, 0.2) is 5.84 Å². The van der Waals surface area contributed by atoms with E-state index in [9.17, 15) is 9.59 Å². The third kappa shape index (κ3) is 4.42. The van der Waals surface area contributed by atoms with E-state index in [1.54, 1.807) is 11.0 Å². The maximum atomic E-state index is 12.9. The van der Waals surface area contributed by atoms with Gasteiger partial charge in [-0.05, 0) is 74.4 Å². The second-order valence-electron chi connectivity index (χ2n) is 9.14. The Kier molecular flexibility index (Phi) is 6.40. The normalized spacial score (nSPS) is 19.1. The maximum absolute atomic E-state index is 12.9. The van der Waals surface area contributed by atoms with Crippen LogP contribution in [0.2, 0.25) is 0 Å². The van der Waals surface area contributed by atoms with Crippen LogP contribution in [0.15, 0.2) is 39.9 Å². The molecule has 1 fully saturated rings. The summed E-state index contributed by atoms with van der Waals surface area (Å²) in [5, 5.41) is 15.3. The number of carbonyl (C=O) groups is 2. The fourth-order valence-electron chi connectivity index (χ4n) is 4.58. The van der Waals surface area contributed by atoms with E-state index in [4.69, 9.17) is 10.1 Å². The molecule has 0 radical (unpaired) electrons. The molecule has 1 aromatic carbocycles. The van der Waals surface area contributed by atoms with Gasteiger partial charge in [0.25, 0.3) is 5.91 Å². The highest BCUT2D eigenvalue weighted by atomic mass is 32.2. The van der Waals surface area contributed by atoms with Crippen LogP contribution in [-0.2, 0) is 14.3 Å².